The average Bonchev–Trinajstić information content (AvgIpc) is 2.47. The van der Waals surface area contributed by atoms with Gasteiger partial charge < -0.3 is 15.8 Å². The molecule has 3 N–H and O–H groups in total. The number of ether oxygens (including phenoxy) is 1. The van der Waals surface area contributed by atoms with E-state index in [0.717, 1.165) is 3.57 Å². The summed E-state index contributed by atoms with van der Waals surface area (Å²) >= 11 is 2.18. The van der Waals surface area contributed by atoms with E-state index >= 15 is 0 Å². The van der Waals surface area contributed by atoms with Gasteiger partial charge in [-0.3, -0.25) is 9.59 Å². The fourth-order valence-electron chi connectivity index (χ4n) is 1.67. The number of nitrogens with one attached hydrogen (secondary N) is 1. The maximum absolute atomic E-state index is 11.8. The van der Waals surface area contributed by atoms with Crippen LogP contribution in [0.3, 0.4) is 0 Å². The lowest BCUT2D eigenvalue weighted by Gasteiger charge is -2.10. The van der Waals surface area contributed by atoms with E-state index in [0.29, 0.717) is 11.4 Å². The van der Waals surface area contributed by atoms with Crippen LogP contribution in [0, 0.1) is 3.57 Å². The van der Waals surface area contributed by atoms with Crippen molar-refractivity contribution in [2.45, 2.75) is 0 Å². The fraction of sp³-hybridized carbons (Fsp3) is 0.0667. The van der Waals surface area contributed by atoms with Gasteiger partial charge in [-0.25, -0.2) is 0 Å². The molecule has 0 bridgehead atoms. The number of halogens is 1. The van der Waals surface area contributed by atoms with Gasteiger partial charge in [-0.15, -0.1) is 0 Å². The first-order valence-electron chi connectivity index (χ1n) is 6.13. The van der Waals surface area contributed by atoms with Gasteiger partial charge in [0.05, 0.1) is 11.3 Å². The summed E-state index contributed by atoms with van der Waals surface area (Å²) in [4.78, 5) is 23.1. The smallest absolute Gasteiger partial charge is 0.262 e. The standard InChI is InChI=1S/C15H13IN2O3/c16-10-5-7-11(8-6-10)21-9-14(19)18-13-4-2-1-3-12(13)15(17)20/h1-8H,9H2,(H2,17,20)(H,18,19). The molecule has 0 heterocycles. The Balaban J connectivity index is 1.96. The highest BCUT2D eigenvalue weighted by Gasteiger charge is 2.10. The lowest BCUT2D eigenvalue weighted by atomic mass is 10.1. The van der Waals surface area contributed by atoms with Crippen molar-refractivity contribution in [2.24, 2.45) is 5.73 Å². The van der Waals surface area contributed by atoms with Crippen molar-refractivity contribution in [3.8, 4) is 5.75 Å². The normalized spacial score (nSPS) is 9.95. The molecule has 5 nitrogen and oxygen atoms in total. The molecule has 0 saturated heterocycles. The minimum atomic E-state index is -0.593. The molecule has 0 spiro atoms. The molecule has 6 heteroatoms. The maximum atomic E-state index is 11.8. The summed E-state index contributed by atoms with van der Waals surface area (Å²) in [6, 6.07) is 13.9. The second-order valence-corrected chi connectivity index (χ2v) is 5.45. The molecule has 21 heavy (non-hydrogen) atoms. The van der Waals surface area contributed by atoms with E-state index in [4.69, 9.17) is 10.5 Å². The highest BCUT2D eigenvalue weighted by atomic mass is 127. The van der Waals surface area contributed by atoms with Crippen LogP contribution in [0.25, 0.3) is 0 Å². The molecule has 0 saturated carbocycles. The first kappa shape index (κ1) is 15.3. The largest absolute Gasteiger partial charge is 0.484 e. The van der Waals surface area contributed by atoms with Gasteiger partial charge in [-0.05, 0) is 59.0 Å². The predicted molar refractivity (Wildman–Crippen MR) is 88.2 cm³/mol. The van der Waals surface area contributed by atoms with E-state index in [1.165, 1.54) is 0 Å². The monoisotopic (exact) mass is 396 g/mol. The number of hydrogen-bond acceptors (Lipinski definition) is 3. The van der Waals surface area contributed by atoms with E-state index in [1.807, 2.05) is 12.1 Å². The minimum Gasteiger partial charge on any atom is -0.484 e. The summed E-state index contributed by atoms with van der Waals surface area (Å²) in [5.41, 5.74) is 5.89. The number of para-hydroxylation sites is 1. The quantitative estimate of drug-likeness (QED) is 0.762. The van der Waals surface area contributed by atoms with Crippen LogP contribution >= 0.6 is 22.6 Å². The van der Waals surface area contributed by atoms with Crippen molar-refractivity contribution in [3.05, 3.63) is 57.7 Å². The number of carbonyl (C=O) groups is 2. The van der Waals surface area contributed by atoms with Gasteiger partial charge in [0.15, 0.2) is 6.61 Å². The Labute approximate surface area is 135 Å². The fourth-order valence-corrected chi connectivity index (χ4v) is 2.03. The average molecular weight is 396 g/mol. The first-order valence-corrected chi connectivity index (χ1v) is 7.21. The first-order chi connectivity index (χ1) is 10.1. The minimum absolute atomic E-state index is 0.145. The number of primary amides is 1. The third kappa shape index (κ3) is 4.45. The van der Waals surface area contributed by atoms with Crippen LogP contribution in [0.2, 0.25) is 0 Å². The molecule has 2 amide bonds. The zero-order valence-corrected chi connectivity index (χ0v) is 13.2. The summed E-state index contributed by atoms with van der Waals surface area (Å²) < 4.78 is 6.45. The Morgan fingerprint density at radius 2 is 1.76 bits per heavy atom. The number of nitrogens with two attached hydrogens (primary N) is 1. The van der Waals surface area contributed by atoms with Crippen molar-refractivity contribution in [3.63, 3.8) is 0 Å². The highest BCUT2D eigenvalue weighted by Crippen LogP contribution is 2.15. The summed E-state index contributed by atoms with van der Waals surface area (Å²) in [6.07, 6.45) is 0. The number of carbonyl (C=O) groups excluding carboxylic acids is 2. The topological polar surface area (TPSA) is 81.4 Å². The van der Waals surface area contributed by atoms with Gasteiger partial charge in [-0.2, -0.15) is 0 Å². The van der Waals surface area contributed by atoms with E-state index in [9.17, 15) is 9.59 Å². The molecule has 0 atom stereocenters. The second kappa shape index (κ2) is 7.07. The molecular formula is C15H13IN2O3. The number of hydrogen-bond donors (Lipinski definition) is 2. The summed E-state index contributed by atoms with van der Waals surface area (Å²) in [5, 5.41) is 2.61. The van der Waals surface area contributed by atoms with E-state index in [2.05, 4.69) is 27.9 Å². The third-order valence-electron chi connectivity index (χ3n) is 2.65. The van der Waals surface area contributed by atoms with Crippen LogP contribution in [-0.4, -0.2) is 18.4 Å². The second-order valence-electron chi connectivity index (χ2n) is 4.20. The Hall–Kier alpha value is -2.09. The highest BCUT2D eigenvalue weighted by molar-refractivity contribution is 14.1. The number of benzene rings is 2. The Morgan fingerprint density at radius 3 is 2.43 bits per heavy atom. The van der Waals surface area contributed by atoms with Crippen molar-refractivity contribution in [1.82, 2.24) is 0 Å². The van der Waals surface area contributed by atoms with Gasteiger partial charge in [0.1, 0.15) is 5.75 Å². The molecule has 108 valence electrons. The molecule has 2 aromatic rings. The van der Waals surface area contributed by atoms with Crippen molar-refractivity contribution < 1.29 is 14.3 Å². The Bertz CT molecular complexity index is 656. The van der Waals surface area contributed by atoms with E-state index in [1.54, 1.807) is 36.4 Å². The van der Waals surface area contributed by atoms with Gasteiger partial charge in [0.25, 0.3) is 11.8 Å². The zero-order chi connectivity index (χ0) is 15.2. The molecule has 0 aliphatic rings. The predicted octanol–water partition coefficient (Wildman–Crippen LogP) is 2.41. The summed E-state index contributed by atoms with van der Waals surface area (Å²) in [5.74, 6) is -0.347. The Kier molecular flexibility index (Phi) is 5.15. The number of anilines is 1. The lowest BCUT2D eigenvalue weighted by Crippen LogP contribution is -2.22. The van der Waals surface area contributed by atoms with Crippen molar-refractivity contribution in [2.75, 3.05) is 11.9 Å². The molecular weight excluding hydrogens is 383 g/mol. The van der Waals surface area contributed by atoms with Gasteiger partial charge >= 0.3 is 0 Å². The Morgan fingerprint density at radius 1 is 1.10 bits per heavy atom. The van der Waals surface area contributed by atoms with E-state index in [-0.39, 0.29) is 18.1 Å². The SMILES string of the molecule is NC(=O)c1ccccc1NC(=O)COc1ccc(I)cc1. The molecule has 0 aliphatic carbocycles. The summed E-state index contributed by atoms with van der Waals surface area (Å²) in [6.45, 7) is -0.145. The van der Waals surface area contributed by atoms with E-state index < -0.39 is 5.91 Å². The van der Waals surface area contributed by atoms with Crippen LogP contribution in [0.4, 0.5) is 5.69 Å². The van der Waals surface area contributed by atoms with Crippen LogP contribution in [-0.2, 0) is 4.79 Å². The van der Waals surface area contributed by atoms with Gasteiger partial charge in [0.2, 0.25) is 0 Å². The molecule has 2 aromatic carbocycles. The maximum Gasteiger partial charge on any atom is 0.262 e. The number of amides is 2. The molecule has 0 aromatic heterocycles. The third-order valence-corrected chi connectivity index (χ3v) is 3.37. The molecule has 0 aliphatic heterocycles. The van der Waals surface area contributed by atoms with Crippen molar-refractivity contribution >= 4 is 40.1 Å². The number of rotatable bonds is 5. The molecule has 2 rings (SSSR count). The molecule has 0 fully saturated rings. The van der Waals surface area contributed by atoms with Crippen LogP contribution < -0.4 is 15.8 Å². The zero-order valence-electron chi connectivity index (χ0n) is 11.0. The van der Waals surface area contributed by atoms with Gasteiger partial charge in [0, 0.05) is 3.57 Å². The van der Waals surface area contributed by atoms with Crippen LogP contribution in [0.15, 0.2) is 48.5 Å². The van der Waals surface area contributed by atoms with Crippen molar-refractivity contribution in [1.29, 1.82) is 0 Å². The lowest BCUT2D eigenvalue weighted by molar-refractivity contribution is -0.118. The summed E-state index contributed by atoms with van der Waals surface area (Å²) in [7, 11) is 0. The van der Waals surface area contributed by atoms with Gasteiger partial charge in [-0.1, -0.05) is 12.1 Å². The molecule has 0 radical (unpaired) electrons. The van der Waals surface area contributed by atoms with Crippen LogP contribution in [0.5, 0.6) is 5.75 Å². The molecule has 0 unspecified atom stereocenters. The van der Waals surface area contributed by atoms with Crippen LogP contribution in [0.1, 0.15) is 10.4 Å².